The van der Waals surface area contributed by atoms with Gasteiger partial charge in [-0.15, -0.1) is 0 Å². The van der Waals surface area contributed by atoms with Crippen molar-refractivity contribution in [2.24, 2.45) is 0 Å². The van der Waals surface area contributed by atoms with E-state index < -0.39 is 17.7 Å². The van der Waals surface area contributed by atoms with Crippen LogP contribution >= 0.6 is 0 Å². The fourth-order valence-corrected chi connectivity index (χ4v) is 4.82. The van der Waals surface area contributed by atoms with Crippen LogP contribution < -0.4 is 9.47 Å². The first-order valence-corrected chi connectivity index (χ1v) is 13.4. The molecule has 8 nitrogen and oxygen atoms in total. The highest BCUT2D eigenvalue weighted by molar-refractivity contribution is 6.46. The van der Waals surface area contributed by atoms with E-state index in [1.807, 2.05) is 44.1 Å². The molecule has 0 radical (unpaired) electrons. The Labute approximate surface area is 235 Å². The van der Waals surface area contributed by atoms with Gasteiger partial charge in [-0.3, -0.25) is 9.59 Å². The molecule has 3 aromatic rings. The quantitative estimate of drug-likeness (QED) is 0.198. The topological polar surface area (TPSA) is 99.5 Å². The molecule has 40 heavy (non-hydrogen) atoms. The van der Waals surface area contributed by atoms with Crippen molar-refractivity contribution in [1.29, 1.82) is 0 Å². The molecule has 8 heteroatoms. The molecule has 0 aliphatic carbocycles. The predicted octanol–water partition coefficient (Wildman–Crippen LogP) is 5.05. The number of hydrogen-bond donors (Lipinski definition) is 2. The molecule has 1 atom stereocenters. The number of likely N-dealkylation sites (tertiary alicyclic amines) is 1. The zero-order valence-corrected chi connectivity index (χ0v) is 23.4. The monoisotopic (exact) mass is 544 g/mol. The lowest BCUT2D eigenvalue weighted by atomic mass is 9.95. The molecule has 210 valence electrons. The van der Waals surface area contributed by atoms with Crippen LogP contribution in [0.1, 0.15) is 41.6 Å². The van der Waals surface area contributed by atoms with E-state index in [0.717, 1.165) is 17.7 Å². The Morgan fingerprint density at radius 3 is 2.42 bits per heavy atom. The Kier molecular flexibility index (Phi) is 9.11. The van der Waals surface area contributed by atoms with E-state index in [2.05, 4.69) is 6.07 Å². The number of aromatic hydroxyl groups is 1. The fraction of sp³-hybridized carbons (Fsp3) is 0.312. The van der Waals surface area contributed by atoms with Crippen LogP contribution in [0.5, 0.6) is 17.2 Å². The lowest BCUT2D eigenvalue weighted by molar-refractivity contribution is -0.139. The van der Waals surface area contributed by atoms with E-state index in [1.165, 1.54) is 11.0 Å². The standard InChI is InChI=1S/C32H36N2O6/c1-5-39-27-19-24(12-15-26(27)35)29-28(31(37)32(38)34(29)17-7-16-33(3)4)30(36)23-10-13-25(14-11-23)40-20-22-9-6-8-21(2)18-22/h6,8-15,18-19,29,35-36H,5,7,16-17,20H2,1-4H3. The molecule has 0 bridgehead atoms. The van der Waals surface area contributed by atoms with E-state index in [-0.39, 0.29) is 22.8 Å². The maximum absolute atomic E-state index is 13.3. The summed E-state index contributed by atoms with van der Waals surface area (Å²) in [5, 5.41) is 21.6. The van der Waals surface area contributed by atoms with Gasteiger partial charge in [0.15, 0.2) is 11.5 Å². The maximum Gasteiger partial charge on any atom is 0.295 e. The highest BCUT2D eigenvalue weighted by Crippen LogP contribution is 2.42. The molecular weight excluding hydrogens is 508 g/mol. The number of aliphatic hydroxyl groups excluding tert-OH is 1. The van der Waals surface area contributed by atoms with Gasteiger partial charge in [-0.25, -0.2) is 0 Å². The largest absolute Gasteiger partial charge is 0.507 e. The minimum absolute atomic E-state index is 0.00331. The van der Waals surface area contributed by atoms with Crippen molar-refractivity contribution in [3.8, 4) is 17.2 Å². The summed E-state index contributed by atoms with van der Waals surface area (Å²) in [5.41, 5.74) is 3.14. The van der Waals surface area contributed by atoms with E-state index in [1.54, 1.807) is 43.3 Å². The van der Waals surface area contributed by atoms with Crippen LogP contribution in [-0.4, -0.2) is 65.5 Å². The summed E-state index contributed by atoms with van der Waals surface area (Å²) in [5.74, 6) is -0.883. The molecule has 1 heterocycles. The lowest BCUT2D eigenvalue weighted by Gasteiger charge is -2.26. The third-order valence-corrected chi connectivity index (χ3v) is 6.76. The number of phenols is 1. The summed E-state index contributed by atoms with van der Waals surface area (Å²) >= 11 is 0. The number of carbonyl (C=O) groups is 2. The molecule has 1 fully saturated rings. The van der Waals surface area contributed by atoms with Crippen molar-refractivity contribution in [3.05, 3.63) is 94.6 Å². The Morgan fingerprint density at radius 1 is 1.00 bits per heavy atom. The second-order valence-electron chi connectivity index (χ2n) is 10.1. The average Bonchev–Trinajstić information content (AvgIpc) is 3.18. The Balaban J connectivity index is 1.67. The van der Waals surface area contributed by atoms with Crippen LogP contribution in [0.15, 0.2) is 72.3 Å². The number of Topliss-reactive ketones (excluding diaryl/α,β-unsaturated/α-hetero) is 1. The molecule has 4 rings (SSSR count). The SMILES string of the molecule is CCOc1cc(C2C(=C(O)c3ccc(OCc4cccc(C)c4)cc3)C(=O)C(=O)N2CCCN(C)C)ccc1O. The number of phenolic OH excluding ortho intramolecular Hbond substituents is 1. The zero-order chi connectivity index (χ0) is 28.8. The first-order valence-electron chi connectivity index (χ1n) is 13.4. The summed E-state index contributed by atoms with van der Waals surface area (Å²) < 4.78 is 11.5. The van der Waals surface area contributed by atoms with Crippen molar-refractivity contribution in [2.45, 2.75) is 32.9 Å². The van der Waals surface area contributed by atoms with Crippen LogP contribution in [-0.2, 0) is 16.2 Å². The number of carbonyl (C=O) groups excluding carboxylic acids is 2. The normalized spacial score (nSPS) is 16.5. The summed E-state index contributed by atoms with van der Waals surface area (Å²) in [6, 6.07) is 18.7. The first-order chi connectivity index (χ1) is 19.2. The van der Waals surface area contributed by atoms with Crippen LogP contribution in [0.25, 0.3) is 5.76 Å². The van der Waals surface area contributed by atoms with Crippen LogP contribution in [0.2, 0.25) is 0 Å². The van der Waals surface area contributed by atoms with E-state index in [0.29, 0.717) is 43.1 Å². The summed E-state index contributed by atoms with van der Waals surface area (Å²) in [7, 11) is 3.88. The number of amides is 1. The summed E-state index contributed by atoms with van der Waals surface area (Å²) in [6.07, 6.45) is 0.639. The average molecular weight is 545 g/mol. The zero-order valence-electron chi connectivity index (χ0n) is 23.4. The van der Waals surface area contributed by atoms with Gasteiger partial charge in [0.05, 0.1) is 18.2 Å². The molecule has 1 aliphatic rings. The Bertz CT molecular complexity index is 1400. The number of benzene rings is 3. The third kappa shape index (κ3) is 6.46. The maximum atomic E-state index is 13.3. The first kappa shape index (κ1) is 28.7. The van der Waals surface area contributed by atoms with Crippen LogP contribution in [0, 0.1) is 6.92 Å². The second kappa shape index (κ2) is 12.7. The highest BCUT2D eigenvalue weighted by atomic mass is 16.5. The van der Waals surface area contributed by atoms with Crippen molar-refractivity contribution in [2.75, 3.05) is 33.8 Å². The lowest BCUT2D eigenvalue weighted by Crippen LogP contribution is -2.32. The van der Waals surface area contributed by atoms with Gasteiger partial charge in [0.1, 0.15) is 18.1 Å². The van der Waals surface area contributed by atoms with Gasteiger partial charge in [-0.05, 0) is 88.4 Å². The smallest absolute Gasteiger partial charge is 0.295 e. The van der Waals surface area contributed by atoms with E-state index in [9.17, 15) is 19.8 Å². The van der Waals surface area contributed by atoms with Gasteiger partial charge in [-0.2, -0.15) is 0 Å². The number of aryl methyl sites for hydroxylation is 1. The third-order valence-electron chi connectivity index (χ3n) is 6.76. The van der Waals surface area contributed by atoms with Crippen molar-refractivity contribution < 1.29 is 29.3 Å². The number of aliphatic hydroxyl groups is 1. The molecule has 1 aliphatic heterocycles. The Morgan fingerprint density at radius 2 is 1.75 bits per heavy atom. The number of hydrogen-bond acceptors (Lipinski definition) is 7. The molecule has 1 saturated heterocycles. The van der Waals surface area contributed by atoms with Crippen LogP contribution in [0.4, 0.5) is 0 Å². The molecule has 1 amide bonds. The molecule has 0 saturated carbocycles. The second-order valence-corrected chi connectivity index (χ2v) is 10.1. The minimum Gasteiger partial charge on any atom is -0.507 e. The van der Waals surface area contributed by atoms with Crippen molar-refractivity contribution in [1.82, 2.24) is 9.80 Å². The van der Waals surface area contributed by atoms with Gasteiger partial charge < -0.3 is 29.5 Å². The van der Waals surface area contributed by atoms with Gasteiger partial charge in [0, 0.05) is 12.1 Å². The summed E-state index contributed by atoms with van der Waals surface area (Å²) in [4.78, 5) is 30.0. The van der Waals surface area contributed by atoms with E-state index in [4.69, 9.17) is 9.47 Å². The molecule has 2 N–H and O–H groups in total. The van der Waals surface area contributed by atoms with Crippen molar-refractivity contribution in [3.63, 3.8) is 0 Å². The van der Waals surface area contributed by atoms with Crippen molar-refractivity contribution >= 4 is 17.4 Å². The minimum atomic E-state index is -0.834. The van der Waals surface area contributed by atoms with Gasteiger partial charge in [0.2, 0.25) is 0 Å². The fourth-order valence-electron chi connectivity index (χ4n) is 4.82. The van der Waals surface area contributed by atoms with Crippen LogP contribution in [0.3, 0.4) is 0 Å². The molecule has 0 spiro atoms. The number of ether oxygens (including phenoxy) is 2. The summed E-state index contributed by atoms with van der Waals surface area (Å²) in [6.45, 7) is 5.59. The van der Waals surface area contributed by atoms with Gasteiger partial charge in [0.25, 0.3) is 11.7 Å². The van der Waals surface area contributed by atoms with Gasteiger partial charge in [-0.1, -0.05) is 35.9 Å². The van der Waals surface area contributed by atoms with E-state index >= 15 is 0 Å². The Hall–Kier alpha value is -4.30. The molecule has 3 aromatic carbocycles. The number of ketones is 1. The molecule has 1 unspecified atom stereocenters. The van der Waals surface area contributed by atoms with Gasteiger partial charge >= 0.3 is 0 Å². The highest BCUT2D eigenvalue weighted by Gasteiger charge is 2.46. The molecule has 0 aromatic heterocycles. The predicted molar refractivity (Wildman–Crippen MR) is 153 cm³/mol. The molecular formula is C32H36N2O6. The number of rotatable bonds is 11. The number of nitrogens with zero attached hydrogens (tertiary/aromatic N) is 2.